The standard InChI is InChI=1S/C40H54FN5O6S/c1-4-38(48)45-19-7-10-35(26-45)53(50,51)34-15-13-33(14-16-34)46-24-29(25-46)23-44-20-17-30(18-21-44)40(27-42-28(2)47,31-8-5-9-32(41)22-31)36-11-6-12-37(36)43-39(49)52-3/h4-5,8-9,13-16,22,29-30,35-37H,1,6-7,10-12,17-21,23-27H2,2-3H3,(H,42,47)(H,43,49)/t35-,36+,37+,40?/m1/s1. The molecule has 13 heteroatoms. The number of piperidine rings is 2. The van der Waals surface area contributed by atoms with E-state index in [0.29, 0.717) is 31.8 Å². The lowest BCUT2D eigenvalue weighted by Crippen LogP contribution is -2.58. The van der Waals surface area contributed by atoms with Crippen molar-refractivity contribution in [2.45, 2.75) is 73.5 Å². The molecule has 2 aromatic rings. The van der Waals surface area contributed by atoms with Crippen molar-refractivity contribution in [1.29, 1.82) is 0 Å². The molecule has 3 amide bonds. The van der Waals surface area contributed by atoms with Crippen molar-refractivity contribution in [3.63, 3.8) is 0 Å². The van der Waals surface area contributed by atoms with Gasteiger partial charge in [-0.2, -0.15) is 0 Å². The van der Waals surface area contributed by atoms with Crippen molar-refractivity contribution in [1.82, 2.24) is 20.4 Å². The van der Waals surface area contributed by atoms with Gasteiger partial charge in [0.1, 0.15) is 5.82 Å². The van der Waals surface area contributed by atoms with Crippen LogP contribution in [0.3, 0.4) is 0 Å². The Kier molecular flexibility index (Phi) is 12.1. The highest BCUT2D eigenvalue weighted by Gasteiger charge is 2.52. The topological polar surface area (TPSA) is 128 Å². The Bertz CT molecular complexity index is 1740. The number of anilines is 1. The Labute approximate surface area is 313 Å². The number of amides is 3. The van der Waals surface area contributed by atoms with Crippen LogP contribution in [0.25, 0.3) is 0 Å². The lowest BCUT2D eigenvalue weighted by Gasteiger charge is -2.51. The number of likely N-dealkylation sites (tertiary alicyclic amines) is 2. The second-order valence-corrected chi connectivity index (χ2v) is 17.6. The zero-order valence-corrected chi connectivity index (χ0v) is 31.8. The van der Waals surface area contributed by atoms with Crippen molar-refractivity contribution < 1.29 is 31.9 Å². The summed E-state index contributed by atoms with van der Waals surface area (Å²) in [6, 6.07) is 13.8. The van der Waals surface area contributed by atoms with Crippen LogP contribution in [0, 0.1) is 23.6 Å². The van der Waals surface area contributed by atoms with Gasteiger partial charge in [0.15, 0.2) is 9.84 Å². The van der Waals surface area contributed by atoms with E-state index >= 15 is 0 Å². The number of ether oxygens (including phenoxy) is 1. The number of nitrogens with zero attached hydrogens (tertiary/aromatic N) is 3. The molecule has 53 heavy (non-hydrogen) atoms. The number of halogens is 1. The zero-order chi connectivity index (χ0) is 37.8. The smallest absolute Gasteiger partial charge is 0.407 e. The van der Waals surface area contributed by atoms with E-state index < -0.39 is 26.6 Å². The predicted molar refractivity (Wildman–Crippen MR) is 202 cm³/mol. The van der Waals surface area contributed by atoms with Gasteiger partial charge < -0.3 is 30.1 Å². The number of sulfone groups is 1. The van der Waals surface area contributed by atoms with E-state index in [1.165, 1.54) is 26.2 Å². The van der Waals surface area contributed by atoms with Gasteiger partial charge in [-0.1, -0.05) is 25.1 Å². The summed E-state index contributed by atoms with van der Waals surface area (Å²) in [6.45, 7) is 10.6. The molecule has 3 saturated heterocycles. The van der Waals surface area contributed by atoms with Gasteiger partial charge >= 0.3 is 6.09 Å². The first-order valence-corrected chi connectivity index (χ1v) is 20.6. The summed E-state index contributed by atoms with van der Waals surface area (Å²) in [7, 11) is -2.21. The van der Waals surface area contributed by atoms with Crippen molar-refractivity contribution in [3.8, 4) is 0 Å². The largest absolute Gasteiger partial charge is 0.453 e. The molecule has 4 atom stereocenters. The molecule has 288 valence electrons. The molecule has 1 saturated carbocycles. The fourth-order valence-electron chi connectivity index (χ4n) is 9.59. The summed E-state index contributed by atoms with van der Waals surface area (Å²) < 4.78 is 46.7. The highest BCUT2D eigenvalue weighted by molar-refractivity contribution is 7.92. The van der Waals surface area contributed by atoms with Crippen LogP contribution in [-0.4, -0.2) is 107 Å². The molecule has 3 aliphatic heterocycles. The number of hydrogen-bond acceptors (Lipinski definition) is 8. The number of nitrogens with one attached hydrogen (secondary N) is 2. The predicted octanol–water partition coefficient (Wildman–Crippen LogP) is 4.52. The maximum Gasteiger partial charge on any atom is 0.407 e. The van der Waals surface area contributed by atoms with Crippen LogP contribution in [-0.2, 0) is 29.6 Å². The lowest BCUT2D eigenvalue weighted by molar-refractivity contribution is -0.126. The maximum absolute atomic E-state index is 14.9. The van der Waals surface area contributed by atoms with Crippen LogP contribution >= 0.6 is 0 Å². The van der Waals surface area contributed by atoms with E-state index in [0.717, 1.165) is 76.1 Å². The third kappa shape index (κ3) is 8.41. The molecule has 11 nitrogen and oxygen atoms in total. The van der Waals surface area contributed by atoms with Gasteiger partial charge in [0.2, 0.25) is 11.8 Å². The summed E-state index contributed by atoms with van der Waals surface area (Å²) in [5.74, 6) is -0.0612. The molecule has 3 heterocycles. The van der Waals surface area contributed by atoms with Gasteiger partial charge in [0.05, 0.1) is 17.3 Å². The van der Waals surface area contributed by atoms with Crippen molar-refractivity contribution in [3.05, 3.63) is 72.6 Å². The number of hydrogen-bond donors (Lipinski definition) is 2. The Morgan fingerprint density at radius 1 is 0.981 bits per heavy atom. The molecule has 2 N–H and O–H groups in total. The minimum atomic E-state index is -3.57. The fraction of sp³-hybridized carbons (Fsp3) is 0.575. The van der Waals surface area contributed by atoms with Gasteiger partial charge in [0, 0.05) is 69.3 Å². The minimum absolute atomic E-state index is 0.00724. The Balaban J connectivity index is 1.08. The molecule has 4 aliphatic rings. The van der Waals surface area contributed by atoms with Crippen molar-refractivity contribution >= 4 is 33.4 Å². The molecular formula is C40H54FN5O6S. The molecule has 6 rings (SSSR count). The number of methoxy groups -OCH3 is 1. The fourth-order valence-corrected chi connectivity index (χ4v) is 11.3. The van der Waals surface area contributed by atoms with E-state index in [1.54, 1.807) is 29.2 Å². The van der Waals surface area contributed by atoms with E-state index in [1.807, 2.05) is 18.2 Å². The average Bonchev–Trinajstić information content (AvgIpc) is 3.61. The van der Waals surface area contributed by atoms with Crippen LogP contribution in [0.4, 0.5) is 14.9 Å². The monoisotopic (exact) mass is 751 g/mol. The molecule has 0 aromatic heterocycles. The average molecular weight is 752 g/mol. The third-order valence-electron chi connectivity index (χ3n) is 12.3. The molecule has 2 aromatic carbocycles. The normalized spacial score (nSPS) is 24.2. The van der Waals surface area contributed by atoms with Crippen molar-refractivity contribution in [2.75, 3.05) is 64.4 Å². The van der Waals surface area contributed by atoms with Gasteiger partial charge in [-0.15, -0.1) is 0 Å². The summed E-state index contributed by atoms with van der Waals surface area (Å²) in [6.07, 6.45) is 6.27. The minimum Gasteiger partial charge on any atom is -0.453 e. The number of carbonyl (C=O) groups is 3. The van der Waals surface area contributed by atoms with Gasteiger partial charge in [-0.25, -0.2) is 17.6 Å². The van der Waals surface area contributed by atoms with Crippen LogP contribution in [0.1, 0.15) is 57.4 Å². The highest BCUT2D eigenvalue weighted by Crippen LogP contribution is 2.50. The molecule has 1 aliphatic carbocycles. The van der Waals surface area contributed by atoms with E-state index in [9.17, 15) is 27.2 Å². The zero-order valence-electron chi connectivity index (χ0n) is 31.0. The second kappa shape index (κ2) is 16.6. The van der Waals surface area contributed by atoms with Crippen molar-refractivity contribution in [2.24, 2.45) is 17.8 Å². The molecule has 4 fully saturated rings. The maximum atomic E-state index is 14.9. The lowest BCUT2D eigenvalue weighted by atomic mass is 9.58. The first kappa shape index (κ1) is 38.7. The number of carbonyl (C=O) groups excluding carboxylic acids is 3. The Hall–Kier alpha value is -3.97. The van der Waals surface area contributed by atoms with Crippen LogP contribution < -0.4 is 15.5 Å². The summed E-state index contributed by atoms with van der Waals surface area (Å²) >= 11 is 0. The Morgan fingerprint density at radius 3 is 2.38 bits per heavy atom. The summed E-state index contributed by atoms with van der Waals surface area (Å²) in [5, 5.41) is 5.56. The van der Waals surface area contributed by atoms with Gasteiger partial charge in [0.25, 0.3) is 0 Å². The van der Waals surface area contributed by atoms with Crippen LogP contribution in [0.2, 0.25) is 0 Å². The van der Waals surface area contributed by atoms with E-state index in [4.69, 9.17) is 4.74 Å². The summed E-state index contributed by atoms with van der Waals surface area (Å²) in [5.41, 5.74) is 1.29. The highest BCUT2D eigenvalue weighted by atomic mass is 32.2. The summed E-state index contributed by atoms with van der Waals surface area (Å²) in [4.78, 5) is 43.5. The van der Waals surface area contributed by atoms with Crippen LogP contribution in [0.15, 0.2) is 66.1 Å². The second-order valence-electron chi connectivity index (χ2n) is 15.4. The SMILES string of the molecule is C=CC(=O)N1CCC[C@@H](S(=O)(=O)c2ccc(N3CC(CN4CCC(C(CNC(C)=O)(c5cccc(F)c5)[C@H]5CCC[C@@H]5NC(=O)OC)CC4)C3)cc2)C1. The number of benzene rings is 2. The van der Waals surface area contributed by atoms with Crippen LogP contribution in [0.5, 0.6) is 0 Å². The van der Waals surface area contributed by atoms with E-state index in [2.05, 4.69) is 27.0 Å². The first-order valence-electron chi connectivity index (χ1n) is 19.0. The Morgan fingerprint density at radius 2 is 1.72 bits per heavy atom. The van der Waals surface area contributed by atoms with Gasteiger partial charge in [-0.3, -0.25) is 9.59 Å². The molecular weight excluding hydrogens is 698 g/mol. The number of rotatable bonds is 12. The molecule has 0 bridgehead atoms. The van der Waals surface area contributed by atoms with E-state index in [-0.39, 0.29) is 46.9 Å². The molecule has 0 spiro atoms. The third-order valence-corrected chi connectivity index (χ3v) is 14.5. The number of alkyl carbamates (subject to hydrolysis) is 1. The molecule has 0 radical (unpaired) electrons. The quantitative estimate of drug-likeness (QED) is 0.303. The molecule has 1 unspecified atom stereocenters. The first-order chi connectivity index (χ1) is 25.4. The van der Waals surface area contributed by atoms with Gasteiger partial charge in [-0.05, 0) is 111 Å².